The highest BCUT2D eigenvalue weighted by Crippen LogP contribution is 2.35. The quantitative estimate of drug-likeness (QED) is 0.230. The Morgan fingerprint density at radius 1 is 0.781 bits per heavy atom. The highest BCUT2D eigenvalue weighted by atomic mass is 35.5. The van der Waals surface area contributed by atoms with Crippen LogP contribution in [0.25, 0.3) is 33.9 Å². The zero-order chi connectivity index (χ0) is 22.2. The Labute approximate surface area is 203 Å². The van der Waals surface area contributed by atoms with Crippen molar-refractivity contribution in [2.24, 2.45) is 4.99 Å². The number of nitrogens with zero attached hydrogens (tertiary/aromatic N) is 2. The smallest absolute Gasteiger partial charge is 0.228 e. The van der Waals surface area contributed by atoms with Crippen molar-refractivity contribution in [1.82, 2.24) is 4.98 Å². The largest absolute Gasteiger partial charge is 0.455 e. The van der Waals surface area contributed by atoms with Crippen LogP contribution in [0, 0.1) is 0 Å². The lowest BCUT2D eigenvalue weighted by atomic mass is 10.2. The van der Waals surface area contributed by atoms with Gasteiger partial charge in [-0.15, -0.1) is 0 Å². The Bertz CT molecular complexity index is 1490. The molecule has 0 aliphatic heterocycles. The average Bonchev–Trinajstić information content (AvgIpc) is 3.43. The van der Waals surface area contributed by atoms with Crippen LogP contribution < -0.4 is 0 Å². The maximum Gasteiger partial charge on any atom is 0.228 e. The highest BCUT2D eigenvalue weighted by molar-refractivity contribution is 6.43. The van der Waals surface area contributed by atoms with Gasteiger partial charge in [-0.3, -0.25) is 4.99 Å². The van der Waals surface area contributed by atoms with Crippen LogP contribution in [0.15, 0.2) is 80.6 Å². The number of aromatic nitrogens is 1. The molecule has 2 heterocycles. The summed E-state index contributed by atoms with van der Waals surface area (Å²) >= 11 is 24.5. The van der Waals surface area contributed by atoms with Crippen molar-refractivity contribution >= 4 is 69.4 Å². The molecule has 32 heavy (non-hydrogen) atoms. The first-order valence-electron chi connectivity index (χ1n) is 9.42. The van der Waals surface area contributed by atoms with E-state index in [1.807, 2.05) is 30.3 Å². The standard InChI is InChI=1S/C24H12Cl4N2O2/c25-17-7-4-13(10-19(17)27)21-9-6-15(31-21)12-29-14-5-8-22-20(11-14)30-24(32-22)16-2-1-3-18(26)23(16)28/h1-12H. The molecule has 0 unspecified atom stereocenters. The van der Waals surface area contributed by atoms with Crippen molar-refractivity contribution < 1.29 is 8.83 Å². The van der Waals surface area contributed by atoms with E-state index in [1.165, 1.54) is 0 Å². The molecular formula is C24H12Cl4N2O2. The number of benzene rings is 3. The number of furan rings is 1. The van der Waals surface area contributed by atoms with Crippen LogP contribution >= 0.6 is 46.4 Å². The third kappa shape index (κ3) is 4.15. The summed E-state index contributed by atoms with van der Waals surface area (Å²) in [5.41, 5.74) is 3.43. The van der Waals surface area contributed by atoms with Crippen LogP contribution in [0.3, 0.4) is 0 Å². The minimum absolute atomic E-state index is 0.394. The lowest BCUT2D eigenvalue weighted by Crippen LogP contribution is -1.80. The molecule has 0 spiro atoms. The second-order valence-electron chi connectivity index (χ2n) is 6.86. The number of oxazole rings is 1. The van der Waals surface area contributed by atoms with Crippen molar-refractivity contribution in [1.29, 1.82) is 0 Å². The van der Waals surface area contributed by atoms with Crippen molar-refractivity contribution in [3.8, 4) is 22.8 Å². The van der Waals surface area contributed by atoms with Gasteiger partial charge in [0.1, 0.15) is 17.0 Å². The Morgan fingerprint density at radius 2 is 1.66 bits per heavy atom. The Morgan fingerprint density at radius 3 is 2.50 bits per heavy atom. The number of fused-ring (bicyclic) bond motifs is 1. The Kier molecular flexibility index (Phi) is 5.70. The first-order chi connectivity index (χ1) is 15.5. The van der Waals surface area contributed by atoms with E-state index in [0.29, 0.717) is 59.9 Å². The predicted octanol–water partition coefficient (Wildman–Crippen LogP) is 9.12. The third-order valence-corrected chi connectivity index (χ3v) is 6.28. The summed E-state index contributed by atoms with van der Waals surface area (Å²) in [4.78, 5) is 9.01. The summed E-state index contributed by atoms with van der Waals surface area (Å²) in [5, 5.41) is 1.80. The topological polar surface area (TPSA) is 51.5 Å². The third-order valence-electron chi connectivity index (χ3n) is 4.72. The van der Waals surface area contributed by atoms with Gasteiger partial charge in [-0.25, -0.2) is 4.98 Å². The van der Waals surface area contributed by atoms with Crippen LogP contribution in [-0.2, 0) is 0 Å². The minimum atomic E-state index is 0.394. The van der Waals surface area contributed by atoms with E-state index in [1.54, 1.807) is 42.6 Å². The van der Waals surface area contributed by atoms with Gasteiger partial charge in [-0.05, 0) is 60.7 Å². The number of hydrogen-bond acceptors (Lipinski definition) is 4. The van der Waals surface area contributed by atoms with Gasteiger partial charge in [0.2, 0.25) is 5.89 Å². The molecule has 0 aliphatic carbocycles. The number of hydrogen-bond donors (Lipinski definition) is 0. The second-order valence-corrected chi connectivity index (χ2v) is 8.46. The lowest BCUT2D eigenvalue weighted by Gasteiger charge is -2.00. The van der Waals surface area contributed by atoms with E-state index in [4.69, 9.17) is 55.2 Å². The van der Waals surface area contributed by atoms with E-state index in [0.717, 1.165) is 5.56 Å². The summed E-state index contributed by atoms with van der Waals surface area (Å²) in [6.45, 7) is 0. The van der Waals surface area contributed by atoms with E-state index in [-0.39, 0.29) is 0 Å². The maximum atomic E-state index is 6.29. The number of halogens is 4. The predicted molar refractivity (Wildman–Crippen MR) is 131 cm³/mol. The first-order valence-corrected chi connectivity index (χ1v) is 10.9. The van der Waals surface area contributed by atoms with E-state index in [9.17, 15) is 0 Å². The number of aliphatic imine (C=N–C) groups is 1. The SMILES string of the molecule is Clc1ccc(-c2ccc(C=Nc3ccc4oc(-c5cccc(Cl)c5Cl)nc4c3)o2)cc1Cl. The monoisotopic (exact) mass is 500 g/mol. The van der Waals surface area contributed by atoms with Gasteiger partial charge < -0.3 is 8.83 Å². The molecular weight excluding hydrogens is 490 g/mol. The molecule has 0 amide bonds. The highest BCUT2D eigenvalue weighted by Gasteiger charge is 2.14. The lowest BCUT2D eigenvalue weighted by molar-refractivity contribution is 0.575. The molecule has 0 saturated heterocycles. The van der Waals surface area contributed by atoms with Gasteiger partial charge in [-0.2, -0.15) is 0 Å². The van der Waals surface area contributed by atoms with Crippen LogP contribution in [0.1, 0.15) is 5.76 Å². The molecule has 3 aromatic carbocycles. The zero-order valence-electron chi connectivity index (χ0n) is 16.2. The fraction of sp³-hybridized carbons (Fsp3) is 0. The average molecular weight is 502 g/mol. The molecule has 5 rings (SSSR count). The van der Waals surface area contributed by atoms with Crippen LogP contribution in [0.5, 0.6) is 0 Å². The molecule has 4 nitrogen and oxygen atoms in total. The second kappa shape index (κ2) is 8.64. The summed E-state index contributed by atoms with van der Waals surface area (Å²) in [5.74, 6) is 1.66. The summed E-state index contributed by atoms with van der Waals surface area (Å²) < 4.78 is 11.7. The molecule has 0 radical (unpaired) electrons. The molecule has 0 N–H and O–H groups in total. The van der Waals surface area contributed by atoms with Gasteiger partial charge in [-0.1, -0.05) is 52.5 Å². The van der Waals surface area contributed by atoms with Crippen molar-refractivity contribution in [2.45, 2.75) is 0 Å². The first kappa shape index (κ1) is 21.1. The minimum Gasteiger partial charge on any atom is -0.455 e. The fourth-order valence-corrected chi connectivity index (χ4v) is 3.82. The van der Waals surface area contributed by atoms with Crippen molar-refractivity contribution in [2.75, 3.05) is 0 Å². The molecule has 0 fully saturated rings. The molecule has 0 saturated carbocycles. The van der Waals surface area contributed by atoms with E-state index in [2.05, 4.69) is 9.98 Å². The normalized spacial score (nSPS) is 11.6. The van der Waals surface area contributed by atoms with Gasteiger partial charge >= 0.3 is 0 Å². The van der Waals surface area contributed by atoms with Crippen LogP contribution in [0.4, 0.5) is 5.69 Å². The van der Waals surface area contributed by atoms with Gasteiger partial charge in [0.25, 0.3) is 0 Å². The molecule has 158 valence electrons. The summed E-state index contributed by atoms with van der Waals surface area (Å²) in [6.07, 6.45) is 1.64. The molecule has 8 heteroatoms. The Hall–Kier alpha value is -2.76. The van der Waals surface area contributed by atoms with Crippen molar-refractivity contribution in [3.63, 3.8) is 0 Å². The molecule has 0 aliphatic rings. The molecule has 5 aromatic rings. The fourth-order valence-electron chi connectivity index (χ4n) is 3.15. The Balaban J connectivity index is 1.40. The van der Waals surface area contributed by atoms with Gasteiger partial charge in [0, 0.05) is 5.56 Å². The van der Waals surface area contributed by atoms with Crippen LogP contribution in [-0.4, -0.2) is 11.2 Å². The molecule has 0 atom stereocenters. The van der Waals surface area contributed by atoms with E-state index >= 15 is 0 Å². The molecule has 2 aromatic heterocycles. The zero-order valence-corrected chi connectivity index (χ0v) is 19.2. The summed E-state index contributed by atoms with van der Waals surface area (Å²) in [7, 11) is 0. The number of rotatable bonds is 4. The van der Waals surface area contributed by atoms with Crippen LogP contribution in [0.2, 0.25) is 20.1 Å². The molecule has 0 bridgehead atoms. The summed E-state index contributed by atoms with van der Waals surface area (Å²) in [6, 6.07) is 19.8. The van der Waals surface area contributed by atoms with Crippen molar-refractivity contribution in [3.05, 3.63) is 92.6 Å². The maximum absolute atomic E-state index is 6.29. The van der Waals surface area contributed by atoms with E-state index < -0.39 is 0 Å². The van der Waals surface area contributed by atoms with Gasteiger partial charge in [0.05, 0.1) is 37.6 Å². The van der Waals surface area contributed by atoms with Gasteiger partial charge in [0.15, 0.2) is 5.58 Å².